The number of hydrogen-bond donors (Lipinski definition) is 3. The van der Waals surface area contributed by atoms with E-state index in [0.29, 0.717) is 18.7 Å². The Morgan fingerprint density at radius 2 is 2.07 bits per heavy atom. The molecule has 0 spiro atoms. The van der Waals surface area contributed by atoms with Crippen molar-refractivity contribution in [1.29, 1.82) is 0 Å². The van der Waals surface area contributed by atoms with Crippen molar-refractivity contribution in [2.75, 3.05) is 13.6 Å². The fraction of sp³-hybridized carbons (Fsp3) is 0.450. The van der Waals surface area contributed by atoms with Gasteiger partial charge in [0.2, 0.25) is 10.0 Å². The Hall–Kier alpha value is -1.78. The van der Waals surface area contributed by atoms with Crippen molar-refractivity contribution in [2.45, 2.75) is 50.7 Å². The molecule has 1 heterocycles. The topological polar surface area (TPSA) is 112 Å². The van der Waals surface area contributed by atoms with Crippen LogP contribution in [-0.4, -0.2) is 36.9 Å². The van der Waals surface area contributed by atoms with Crippen LogP contribution in [0.5, 0.6) is 0 Å². The largest absolute Gasteiger partial charge is 0.387 e. The van der Waals surface area contributed by atoms with Crippen molar-refractivity contribution in [3.63, 3.8) is 0 Å². The Kier molecular flexibility index (Phi) is 8.18. The highest BCUT2D eigenvalue weighted by Crippen LogP contribution is 2.31. The minimum Gasteiger partial charge on any atom is -0.387 e. The summed E-state index contributed by atoms with van der Waals surface area (Å²) in [4.78, 5) is -0.00803. The third kappa shape index (κ3) is 5.47. The Morgan fingerprint density at radius 1 is 1.40 bits per heavy atom. The van der Waals surface area contributed by atoms with E-state index in [9.17, 15) is 17.9 Å². The molecule has 0 aliphatic carbocycles. The van der Waals surface area contributed by atoms with Crippen LogP contribution in [0, 0.1) is 0 Å². The van der Waals surface area contributed by atoms with Gasteiger partial charge in [0.05, 0.1) is 35.6 Å². The van der Waals surface area contributed by atoms with E-state index in [4.69, 9.17) is 11.6 Å². The van der Waals surface area contributed by atoms with E-state index in [1.807, 2.05) is 13.8 Å². The molecule has 1 aromatic heterocycles. The number of aromatic nitrogens is 2. The Balaban J connectivity index is 2.54. The van der Waals surface area contributed by atoms with E-state index in [-0.39, 0.29) is 28.2 Å². The molecule has 7 nitrogen and oxygen atoms in total. The van der Waals surface area contributed by atoms with Crippen molar-refractivity contribution in [1.82, 2.24) is 14.5 Å². The molecule has 1 aromatic carbocycles. The lowest BCUT2D eigenvalue weighted by Crippen LogP contribution is -2.49. The highest BCUT2D eigenvalue weighted by molar-refractivity contribution is 7.89. The molecule has 10 heteroatoms. The number of nitrogens with zero attached hydrogens (tertiary/aromatic N) is 2. The van der Waals surface area contributed by atoms with E-state index in [1.54, 1.807) is 19.1 Å². The van der Waals surface area contributed by atoms with Gasteiger partial charge in [-0.05, 0) is 37.6 Å². The van der Waals surface area contributed by atoms with Gasteiger partial charge in [-0.25, -0.2) is 17.5 Å². The van der Waals surface area contributed by atoms with Crippen LogP contribution in [0.4, 0.5) is 4.39 Å². The van der Waals surface area contributed by atoms with Crippen LogP contribution in [0.1, 0.15) is 55.3 Å². The second-order valence-electron chi connectivity index (χ2n) is 7.33. The standard InChI is InChI=1S/C20H28ClFN4O3S/c1-12(2)19-16(20(13(3)27)26(25-19)11-15(22)7-8-23)9-14-5-6-18(17(21)10-14)30(28,29)24-4/h5-7,10,12-13,24,27H,8-9,11,23H2,1-4H3/p+1. The van der Waals surface area contributed by atoms with Crippen LogP contribution in [0.15, 0.2) is 35.0 Å². The summed E-state index contributed by atoms with van der Waals surface area (Å²) in [5, 5.41) is 15.1. The minimum absolute atomic E-state index is 0.00803. The normalized spacial score (nSPS) is 13.8. The molecule has 1 unspecified atom stereocenters. The van der Waals surface area contributed by atoms with Crippen molar-refractivity contribution in [2.24, 2.45) is 0 Å². The van der Waals surface area contributed by atoms with Gasteiger partial charge in [0, 0.05) is 18.1 Å². The number of rotatable bonds is 9. The van der Waals surface area contributed by atoms with E-state index in [0.717, 1.165) is 16.8 Å². The second-order valence-corrected chi connectivity index (χ2v) is 9.59. The quantitative estimate of drug-likeness (QED) is 0.534. The maximum Gasteiger partial charge on any atom is 0.241 e. The van der Waals surface area contributed by atoms with Crippen LogP contribution in [0.3, 0.4) is 0 Å². The molecule has 0 bridgehead atoms. The smallest absolute Gasteiger partial charge is 0.241 e. The molecule has 2 aromatic rings. The van der Waals surface area contributed by atoms with Gasteiger partial charge in [-0.2, -0.15) is 5.10 Å². The third-order valence-electron chi connectivity index (χ3n) is 4.67. The van der Waals surface area contributed by atoms with Crippen LogP contribution in [0.25, 0.3) is 0 Å². The number of hydrogen-bond acceptors (Lipinski definition) is 4. The lowest BCUT2D eigenvalue weighted by Gasteiger charge is -2.13. The number of halogens is 2. The van der Waals surface area contributed by atoms with Gasteiger partial charge < -0.3 is 10.8 Å². The minimum atomic E-state index is -3.67. The van der Waals surface area contributed by atoms with Gasteiger partial charge in [0.25, 0.3) is 0 Å². The van der Waals surface area contributed by atoms with Gasteiger partial charge in [-0.3, -0.25) is 4.68 Å². The zero-order valence-electron chi connectivity index (χ0n) is 17.6. The molecule has 0 aliphatic heterocycles. The third-order valence-corrected chi connectivity index (χ3v) is 6.57. The lowest BCUT2D eigenvalue weighted by atomic mass is 9.96. The molecular formula is C20H29ClFN4O3S+. The van der Waals surface area contributed by atoms with E-state index >= 15 is 0 Å². The predicted octanol–water partition coefficient (Wildman–Crippen LogP) is 2.31. The van der Waals surface area contributed by atoms with Crippen LogP contribution in [0.2, 0.25) is 5.02 Å². The highest BCUT2D eigenvalue weighted by atomic mass is 35.5. The van der Waals surface area contributed by atoms with Gasteiger partial charge in [0.1, 0.15) is 10.7 Å². The maximum absolute atomic E-state index is 14.1. The first kappa shape index (κ1) is 24.5. The molecule has 5 N–H and O–H groups in total. The maximum atomic E-state index is 14.1. The van der Waals surface area contributed by atoms with Gasteiger partial charge in [-0.15, -0.1) is 0 Å². The average Bonchev–Trinajstić information content (AvgIpc) is 2.99. The number of benzene rings is 1. The van der Waals surface area contributed by atoms with Gasteiger partial charge in [-0.1, -0.05) is 31.5 Å². The molecule has 0 aliphatic rings. The fourth-order valence-corrected chi connectivity index (χ4v) is 4.61. The Bertz CT molecular complexity index is 1030. The number of aliphatic hydroxyl groups is 1. The van der Waals surface area contributed by atoms with Crippen LogP contribution in [-0.2, 0) is 23.0 Å². The molecular weight excluding hydrogens is 431 g/mol. The molecule has 0 saturated heterocycles. The van der Waals surface area contributed by atoms with Gasteiger partial charge >= 0.3 is 0 Å². The second kappa shape index (κ2) is 10.0. The van der Waals surface area contributed by atoms with E-state index in [1.165, 1.54) is 23.9 Å². The number of nitrogens with one attached hydrogen (secondary N) is 1. The van der Waals surface area contributed by atoms with Crippen molar-refractivity contribution >= 4 is 21.6 Å². The summed E-state index contributed by atoms with van der Waals surface area (Å²) in [6.07, 6.45) is 0.878. The molecule has 0 radical (unpaired) electrons. The summed E-state index contributed by atoms with van der Waals surface area (Å²) < 4.78 is 42.0. The highest BCUT2D eigenvalue weighted by Gasteiger charge is 2.24. The molecule has 166 valence electrons. The molecule has 2 rings (SSSR count). The monoisotopic (exact) mass is 459 g/mol. The fourth-order valence-electron chi connectivity index (χ4n) is 3.32. The van der Waals surface area contributed by atoms with E-state index < -0.39 is 16.1 Å². The summed E-state index contributed by atoms with van der Waals surface area (Å²) >= 11 is 6.22. The summed E-state index contributed by atoms with van der Waals surface area (Å²) in [6.45, 7) is 5.79. The molecule has 0 fully saturated rings. The van der Waals surface area contributed by atoms with Crippen LogP contribution < -0.4 is 10.5 Å². The molecule has 1 atom stereocenters. The SMILES string of the molecule is CNS(=O)(=O)c1ccc(Cc2c(C(C)C)nn(CC(F)=CC[NH3+])c2C(C)O)cc1Cl. The summed E-state index contributed by atoms with van der Waals surface area (Å²) in [5.74, 6) is -0.334. The Labute approximate surface area is 181 Å². The number of sulfonamides is 1. The summed E-state index contributed by atoms with van der Waals surface area (Å²) in [6, 6.07) is 4.70. The lowest BCUT2D eigenvalue weighted by molar-refractivity contribution is -0.353. The van der Waals surface area contributed by atoms with E-state index in [2.05, 4.69) is 15.6 Å². The first-order valence-corrected chi connectivity index (χ1v) is 11.5. The van der Waals surface area contributed by atoms with Crippen molar-refractivity contribution in [3.8, 4) is 0 Å². The number of allylic oxidation sites excluding steroid dienone is 1. The zero-order chi connectivity index (χ0) is 22.6. The number of quaternary nitrogens is 1. The van der Waals surface area contributed by atoms with Gasteiger partial charge in [0.15, 0.2) is 0 Å². The first-order chi connectivity index (χ1) is 14.0. The van der Waals surface area contributed by atoms with Crippen LogP contribution >= 0.6 is 11.6 Å². The van der Waals surface area contributed by atoms with Crippen molar-refractivity contribution < 1.29 is 23.6 Å². The molecule has 0 saturated carbocycles. The predicted molar refractivity (Wildman–Crippen MR) is 114 cm³/mol. The summed E-state index contributed by atoms with van der Waals surface area (Å²) in [7, 11) is -2.35. The summed E-state index contributed by atoms with van der Waals surface area (Å²) in [5.41, 5.74) is 6.42. The van der Waals surface area contributed by atoms with Crippen molar-refractivity contribution in [3.05, 3.63) is 57.6 Å². The first-order valence-electron chi connectivity index (χ1n) is 9.65. The number of aliphatic hydroxyl groups excluding tert-OH is 1. The zero-order valence-corrected chi connectivity index (χ0v) is 19.2. The average molecular weight is 460 g/mol. The molecule has 30 heavy (non-hydrogen) atoms. The molecule has 0 amide bonds. The Morgan fingerprint density at radius 3 is 2.57 bits per heavy atom.